The summed E-state index contributed by atoms with van der Waals surface area (Å²) in [6.07, 6.45) is 3.17. The first kappa shape index (κ1) is 13.6. The Labute approximate surface area is 121 Å². The van der Waals surface area contributed by atoms with E-state index in [1.165, 1.54) is 11.1 Å². The molecule has 0 N–H and O–H groups in total. The molecule has 3 nitrogen and oxygen atoms in total. The second kappa shape index (κ2) is 5.55. The smallest absolute Gasteiger partial charge is 0.0954 e. The summed E-state index contributed by atoms with van der Waals surface area (Å²) in [6, 6.07) is 11.1. The first-order valence-corrected chi connectivity index (χ1v) is 7.53. The fourth-order valence-electron chi connectivity index (χ4n) is 3.20. The molecule has 0 aromatic heterocycles. The van der Waals surface area contributed by atoms with Crippen LogP contribution in [0.4, 0.5) is 0 Å². The lowest BCUT2D eigenvalue weighted by molar-refractivity contribution is 0.00586. The van der Waals surface area contributed by atoms with Crippen LogP contribution in [0.1, 0.15) is 37.0 Å². The Morgan fingerprint density at radius 3 is 2.85 bits per heavy atom. The SMILES string of the molecule is CC1(C#N)CCN(CC2OCCc3ccccc32)CC1. The van der Waals surface area contributed by atoms with E-state index in [4.69, 9.17) is 4.74 Å². The summed E-state index contributed by atoms with van der Waals surface area (Å²) < 4.78 is 5.98. The zero-order valence-corrected chi connectivity index (χ0v) is 12.1. The molecule has 3 heteroatoms. The number of nitriles is 1. The van der Waals surface area contributed by atoms with Gasteiger partial charge in [0.15, 0.2) is 0 Å². The van der Waals surface area contributed by atoms with Gasteiger partial charge in [0.2, 0.25) is 0 Å². The summed E-state index contributed by atoms with van der Waals surface area (Å²) in [7, 11) is 0. The summed E-state index contributed by atoms with van der Waals surface area (Å²) in [5.41, 5.74) is 2.66. The van der Waals surface area contributed by atoms with Crippen molar-refractivity contribution in [2.24, 2.45) is 5.41 Å². The van der Waals surface area contributed by atoms with E-state index < -0.39 is 0 Å². The average molecular weight is 270 g/mol. The van der Waals surface area contributed by atoms with Gasteiger partial charge >= 0.3 is 0 Å². The second-order valence-electron chi connectivity index (χ2n) is 6.28. The normalized spacial score (nSPS) is 25.7. The van der Waals surface area contributed by atoms with E-state index in [0.29, 0.717) is 0 Å². The number of hydrogen-bond donors (Lipinski definition) is 0. The van der Waals surface area contributed by atoms with E-state index in [0.717, 1.165) is 45.5 Å². The molecule has 0 aliphatic carbocycles. The van der Waals surface area contributed by atoms with Crippen molar-refractivity contribution in [3.63, 3.8) is 0 Å². The van der Waals surface area contributed by atoms with Crippen LogP contribution in [0.25, 0.3) is 0 Å². The standard InChI is InChI=1S/C17H22N2O/c1-17(13-18)7-9-19(10-8-17)12-16-15-5-3-2-4-14(15)6-11-20-16/h2-5,16H,6-12H2,1H3. The minimum absolute atomic E-state index is 0.123. The molecule has 0 spiro atoms. The predicted octanol–water partition coefficient (Wildman–Crippen LogP) is 2.93. The zero-order valence-electron chi connectivity index (χ0n) is 12.1. The van der Waals surface area contributed by atoms with Crippen LogP contribution < -0.4 is 0 Å². The molecule has 0 saturated carbocycles. The number of ether oxygens (including phenoxy) is 1. The van der Waals surface area contributed by atoms with Crippen LogP contribution in [0, 0.1) is 16.7 Å². The van der Waals surface area contributed by atoms with Crippen molar-refractivity contribution in [3.8, 4) is 6.07 Å². The number of fused-ring (bicyclic) bond motifs is 1. The van der Waals surface area contributed by atoms with Gasteiger partial charge in [-0.15, -0.1) is 0 Å². The van der Waals surface area contributed by atoms with Gasteiger partial charge in [0.05, 0.1) is 24.2 Å². The number of nitrogens with zero attached hydrogens (tertiary/aromatic N) is 2. The lowest BCUT2D eigenvalue weighted by atomic mass is 9.82. The van der Waals surface area contributed by atoms with Crippen molar-refractivity contribution in [1.82, 2.24) is 4.90 Å². The molecule has 1 unspecified atom stereocenters. The predicted molar refractivity (Wildman–Crippen MR) is 78.2 cm³/mol. The number of rotatable bonds is 2. The maximum Gasteiger partial charge on any atom is 0.0954 e. The molecule has 0 radical (unpaired) electrons. The van der Waals surface area contributed by atoms with Crippen molar-refractivity contribution < 1.29 is 4.74 Å². The number of benzene rings is 1. The summed E-state index contributed by atoms with van der Waals surface area (Å²) in [5, 5.41) is 9.19. The molecule has 0 bridgehead atoms. The molecule has 2 aliphatic heterocycles. The van der Waals surface area contributed by atoms with Gasteiger partial charge < -0.3 is 9.64 Å². The Morgan fingerprint density at radius 2 is 2.10 bits per heavy atom. The monoisotopic (exact) mass is 270 g/mol. The molecule has 106 valence electrons. The van der Waals surface area contributed by atoms with Crippen molar-refractivity contribution in [2.45, 2.75) is 32.3 Å². The lowest BCUT2D eigenvalue weighted by Crippen LogP contribution is -2.41. The number of likely N-dealkylation sites (tertiary alicyclic amines) is 1. The van der Waals surface area contributed by atoms with Crippen LogP contribution in [0.2, 0.25) is 0 Å². The van der Waals surface area contributed by atoms with Gasteiger partial charge in [0.25, 0.3) is 0 Å². The van der Waals surface area contributed by atoms with E-state index in [9.17, 15) is 5.26 Å². The Morgan fingerprint density at radius 1 is 1.35 bits per heavy atom. The lowest BCUT2D eigenvalue weighted by Gasteiger charge is -2.37. The van der Waals surface area contributed by atoms with Gasteiger partial charge in [-0.25, -0.2) is 0 Å². The Hall–Kier alpha value is -1.37. The maximum absolute atomic E-state index is 9.19. The molecule has 1 saturated heterocycles. The van der Waals surface area contributed by atoms with Crippen LogP contribution in [-0.4, -0.2) is 31.1 Å². The largest absolute Gasteiger partial charge is 0.372 e. The van der Waals surface area contributed by atoms with Crippen molar-refractivity contribution in [1.29, 1.82) is 5.26 Å². The van der Waals surface area contributed by atoms with Gasteiger partial charge in [-0.1, -0.05) is 24.3 Å². The molecule has 20 heavy (non-hydrogen) atoms. The molecule has 2 aliphatic rings. The van der Waals surface area contributed by atoms with Crippen LogP contribution >= 0.6 is 0 Å². The third kappa shape index (κ3) is 2.72. The fraction of sp³-hybridized carbons (Fsp3) is 0.588. The van der Waals surface area contributed by atoms with E-state index in [1.54, 1.807) is 0 Å². The summed E-state index contributed by atoms with van der Waals surface area (Å²) in [6.45, 7) is 5.87. The number of piperidine rings is 1. The van der Waals surface area contributed by atoms with E-state index in [2.05, 4.69) is 42.2 Å². The third-order valence-electron chi connectivity index (χ3n) is 4.75. The highest BCUT2D eigenvalue weighted by Crippen LogP contribution is 2.32. The fourth-order valence-corrected chi connectivity index (χ4v) is 3.20. The highest BCUT2D eigenvalue weighted by Gasteiger charge is 2.31. The number of hydrogen-bond acceptors (Lipinski definition) is 3. The van der Waals surface area contributed by atoms with Gasteiger partial charge in [0.1, 0.15) is 0 Å². The Bertz CT molecular complexity index is 512. The molecule has 1 aromatic rings. The van der Waals surface area contributed by atoms with E-state index in [-0.39, 0.29) is 11.5 Å². The third-order valence-corrected chi connectivity index (χ3v) is 4.75. The minimum Gasteiger partial charge on any atom is -0.372 e. The van der Waals surface area contributed by atoms with Crippen LogP contribution in [0.15, 0.2) is 24.3 Å². The summed E-state index contributed by atoms with van der Waals surface area (Å²) in [4.78, 5) is 2.45. The molecule has 1 fully saturated rings. The average Bonchev–Trinajstić information content (AvgIpc) is 2.50. The van der Waals surface area contributed by atoms with Crippen molar-refractivity contribution >= 4 is 0 Å². The topological polar surface area (TPSA) is 36.3 Å². The molecule has 1 atom stereocenters. The van der Waals surface area contributed by atoms with Crippen molar-refractivity contribution in [2.75, 3.05) is 26.2 Å². The minimum atomic E-state index is -0.123. The molecule has 2 heterocycles. The molecular formula is C17H22N2O. The quantitative estimate of drug-likeness (QED) is 0.829. The van der Waals surface area contributed by atoms with Crippen LogP contribution in [0.3, 0.4) is 0 Å². The zero-order chi connectivity index (χ0) is 14.0. The van der Waals surface area contributed by atoms with Crippen LogP contribution in [-0.2, 0) is 11.2 Å². The van der Waals surface area contributed by atoms with Gasteiger partial charge in [-0.3, -0.25) is 0 Å². The van der Waals surface area contributed by atoms with Gasteiger partial charge in [-0.2, -0.15) is 5.26 Å². The van der Waals surface area contributed by atoms with Gasteiger partial charge in [0, 0.05) is 6.54 Å². The first-order chi connectivity index (χ1) is 9.70. The van der Waals surface area contributed by atoms with Gasteiger partial charge in [-0.05, 0) is 50.4 Å². The first-order valence-electron chi connectivity index (χ1n) is 7.53. The Kier molecular flexibility index (Phi) is 3.78. The summed E-state index contributed by atoms with van der Waals surface area (Å²) in [5.74, 6) is 0. The molecule has 1 aromatic carbocycles. The highest BCUT2D eigenvalue weighted by atomic mass is 16.5. The van der Waals surface area contributed by atoms with Crippen molar-refractivity contribution in [3.05, 3.63) is 35.4 Å². The second-order valence-corrected chi connectivity index (χ2v) is 6.28. The summed E-state index contributed by atoms with van der Waals surface area (Å²) >= 11 is 0. The maximum atomic E-state index is 9.19. The molecule has 0 amide bonds. The van der Waals surface area contributed by atoms with Crippen LogP contribution in [0.5, 0.6) is 0 Å². The molecule has 3 rings (SSSR count). The van der Waals surface area contributed by atoms with E-state index >= 15 is 0 Å². The highest BCUT2D eigenvalue weighted by molar-refractivity contribution is 5.31. The van der Waals surface area contributed by atoms with E-state index in [1.807, 2.05) is 0 Å². The molecular weight excluding hydrogens is 248 g/mol. The Balaban J connectivity index is 1.64.